The third kappa shape index (κ3) is 1.94. The minimum Gasteiger partial charge on any atom is -0.465 e. The van der Waals surface area contributed by atoms with Crippen LogP contribution in [-0.4, -0.2) is 9.55 Å². The predicted molar refractivity (Wildman–Crippen MR) is 57.4 cm³/mol. The third-order valence-electron chi connectivity index (χ3n) is 2.54. The summed E-state index contributed by atoms with van der Waals surface area (Å²) < 4.78 is 7.58. The Morgan fingerprint density at radius 1 is 1.47 bits per heavy atom. The zero-order chi connectivity index (χ0) is 10.8. The first-order chi connectivity index (χ1) is 7.20. The lowest BCUT2D eigenvalue weighted by molar-refractivity contribution is 0.481. The molecular formula is C11H15N3O. The van der Waals surface area contributed by atoms with E-state index in [1.165, 1.54) is 0 Å². The molecule has 0 aromatic carbocycles. The van der Waals surface area contributed by atoms with Crippen molar-refractivity contribution in [3.05, 3.63) is 41.4 Å². The van der Waals surface area contributed by atoms with Crippen LogP contribution in [0.2, 0.25) is 0 Å². The highest BCUT2D eigenvalue weighted by atomic mass is 16.3. The highest BCUT2D eigenvalue weighted by Crippen LogP contribution is 2.16. The number of hydrogen-bond acceptors (Lipinski definition) is 3. The molecule has 80 valence electrons. The van der Waals surface area contributed by atoms with Crippen molar-refractivity contribution in [1.29, 1.82) is 0 Å². The molecule has 0 atom stereocenters. The lowest BCUT2D eigenvalue weighted by Gasteiger charge is -2.02. The zero-order valence-corrected chi connectivity index (χ0v) is 9.03. The Balaban J connectivity index is 2.24. The van der Waals surface area contributed by atoms with Gasteiger partial charge < -0.3 is 14.7 Å². The number of rotatable bonds is 3. The normalized spacial score (nSPS) is 10.9. The van der Waals surface area contributed by atoms with E-state index in [2.05, 4.69) is 9.55 Å². The molecule has 2 aromatic rings. The van der Waals surface area contributed by atoms with Crippen LogP contribution < -0.4 is 5.73 Å². The minimum atomic E-state index is 0.448. The van der Waals surface area contributed by atoms with Crippen molar-refractivity contribution in [3.63, 3.8) is 0 Å². The first kappa shape index (κ1) is 9.98. The number of nitrogens with zero attached hydrogens (tertiary/aromatic N) is 2. The number of imidazole rings is 1. The molecule has 0 saturated carbocycles. The lowest BCUT2D eigenvalue weighted by atomic mass is 10.2. The van der Waals surface area contributed by atoms with Gasteiger partial charge in [-0.3, -0.25) is 0 Å². The third-order valence-corrected chi connectivity index (χ3v) is 2.54. The maximum Gasteiger partial charge on any atom is 0.118 e. The molecular weight excluding hydrogens is 190 g/mol. The fourth-order valence-corrected chi connectivity index (χ4v) is 1.60. The van der Waals surface area contributed by atoms with E-state index in [0.29, 0.717) is 6.54 Å². The summed E-state index contributed by atoms with van der Waals surface area (Å²) in [5, 5.41) is 0. The van der Waals surface area contributed by atoms with Crippen LogP contribution in [0.5, 0.6) is 0 Å². The molecule has 0 radical (unpaired) electrons. The van der Waals surface area contributed by atoms with Crippen molar-refractivity contribution in [1.82, 2.24) is 9.55 Å². The summed E-state index contributed by atoms with van der Waals surface area (Å²) in [6.07, 6.45) is 3.76. The van der Waals surface area contributed by atoms with Gasteiger partial charge in [0.2, 0.25) is 0 Å². The van der Waals surface area contributed by atoms with Gasteiger partial charge in [0, 0.05) is 18.0 Å². The SMILES string of the molecule is Cc1oc(CN)cc1Cn1ccnc1C. The van der Waals surface area contributed by atoms with Gasteiger partial charge in [0.15, 0.2) is 0 Å². The smallest absolute Gasteiger partial charge is 0.118 e. The molecule has 2 aromatic heterocycles. The first-order valence-electron chi connectivity index (χ1n) is 4.96. The summed E-state index contributed by atoms with van der Waals surface area (Å²) in [5.74, 6) is 2.77. The van der Waals surface area contributed by atoms with Crippen LogP contribution in [0.15, 0.2) is 22.9 Å². The second-order valence-electron chi connectivity index (χ2n) is 3.60. The second-order valence-corrected chi connectivity index (χ2v) is 3.60. The number of aryl methyl sites for hydroxylation is 2. The van der Waals surface area contributed by atoms with Crippen LogP contribution in [0.4, 0.5) is 0 Å². The van der Waals surface area contributed by atoms with Crippen molar-refractivity contribution in [2.24, 2.45) is 5.73 Å². The highest BCUT2D eigenvalue weighted by Gasteiger charge is 2.07. The molecule has 0 aliphatic rings. The van der Waals surface area contributed by atoms with E-state index in [1.807, 2.05) is 26.1 Å². The van der Waals surface area contributed by atoms with E-state index in [1.54, 1.807) is 6.20 Å². The van der Waals surface area contributed by atoms with Crippen molar-refractivity contribution in [2.75, 3.05) is 0 Å². The van der Waals surface area contributed by atoms with Gasteiger partial charge in [-0.1, -0.05) is 0 Å². The summed E-state index contributed by atoms with van der Waals surface area (Å²) in [6, 6.07) is 2.01. The fourth-order valence-electron chi connectivity index (χ4n) is 1.60. The molecule has 0 aliphatic carbocycles. The molecule has 0 spiro atoms. The molecule has 0 bridgehead atoms. The number of aromatic nitrogens is 2. The number of nitrogens with two attached hydrogens (primary N) is 1. The molecule has 0 saturated heterocycles. The van der Waals surface area contributed by atoms with Crippen LogP contribution in [0.3, 0.4) is 0 Å². The van der Waals surface area contributed by atoms with Gasteiger partial charge in [-0.2, -0.15) is 0 Å². The van der Waals surface area contributed by atoms with Crippen LogP contribution in [-0.2, 0) is 13.1 Å². The second kappa shape index (κ2) is 3.90. The van der Waals surface area contributed by atoms with Gasteiger partial charge in [0.1, 0.15) is 17.3 Å². The lowest BCUT2D eigenvalue weighted by Crippen LogP contribution is -2.00. The summed E-state index contributed by atoms with van der Waals surface area (Å²) >= 11 is 0. The van der Waals surface area contributed by atoms with Crippen molar-refractivity contribution >= 4 is 0 Å². The Morgan fingerprint density at radius 3 is 2.80 bits per heavy atom. The van der Waals surface area contributed by atoms with Crippen LogP contribution in [0.1, 0.15) is 22.9 Å². The highest BCUT2D eigenvalue weighted by molar-refractivity contribution is 5.21. The van der Waals surface area contributed by atoms with E-state index >= 15 is 0 Å². The topological polar surface area (TPSA) is 57.0 Å². The van der Waals surface area contributed by atoms with Gasteiger partial charge in [0.05, 0.1) is 13.1 Å². The van der Waals surface area contributed by atoms with E-state index in [4.69, 9.17) is 10.2 Å². The maximum absolute atomic E-state index is 5.52. The largest absolute Gasteiger partial charge is 0.465 e. The maximum atomic E-state index is 5.52. The summed E-state index contributed by atoms with van der Waals surface area (Å²) in [7, 11) is 0. The van der Waals surface area contributed by atoms with Crippen molar-refractivity contribution in [3.8, 4) is 0 Å². The Bertz CT molecular complexity index is 456. The van der Waals surface area contributed by atoms with Gasteiger partial charge in [-0.05, 0) is 19.9 Å². The van der Waals surface area contributed by atoms with Crippen LogP contribution in [0.25, 0.3) is 0 Å². The molecule has 0 fully saturated rings. The molecule has 4 nitrogen and oxygen atoms in total. The number of furan rings is 1. The standard InChI is InChI=1S/C11H15N3O/c1-8-10(5-11(6-12)15-8)7-14-4-3-13-9(14)2/h3-5H,6-7,12H2,1-2H3. The fraction of sp³-hybridized carbons (Fsp3) is 0.364. The molecule has 2 rings (SSSR count). The van der Waals surface area contributed by atoms with Gasteiger partial charge in [-0.25, -0.2) is 4.98 Å². The van der Waals surface area contributed by atoms with Gasteiger partial charge in [0.25, 0.3) is 0 Å². The monoisotopic (exact) mass is 205 g/mol. The molecule has 2 heterocycles. The molecule has 15 heavy (non-hydrogen) atoms. The van der Waals surface area contributed by atoms with Gasteiger partial charge >= 0.3 is 0 Å². The van der Waals surface area contributed by atoms with Gasteiger partial charge in [-0.15, -0.1) is 0 Å². The predicted octanol–water partition coefficient (Wildman–Crippen LogP) is 1.60. The molecule has 0 unspecified atom stereocenters. The quantitative estimate of drug-likeness (QED) is 0.828. The molecule has 0 amide bonds. The minimum absolute atomic E-state index is 0.448. The molecule has 0 aliphatic heterocycles. The molecule has 4 heteroatoms. The Labute approximate surface area is 88.7 Å². The average molecular weight is 205 g/mol. The summed E-state index contributed by atoms with van der Waals surface area (Å²) in [6.45, 7) is 5.19. The van der Waals surface area contributed by atoms with Crippen molar-refractivity contribution in [2.45, 2.75) is 26.9 Å². The Kier molecular flexibility index (Phi) is 2.60. The number of hydrogen-bond donors (Lipinski definition) is 1. The molecule has 2 N–H and O–H groups in total. The van der Waals surface area contributed by atoms with E-state index in [0.717, 1.165) is 29.5 Å². The van der Waals surface area contributed by atoms with Crippen molar-refractivity contribution < 1.29 is 4.42 Å². The zero-order valence-electron chi connectivity index (χ0n) is 9.03. The van der Waals surface area contributed by atoms with Crippen LogP contribution in [0, 0.1) is 13.8 Å². The van der Waals surface area contributed by atoms with Crippen LogP contribution >= 0.6 is 0 Å². The first-order valence-corrected chi connectivity index (χ1v) is 4.96. The Morgan fingerprint density at radius 2 is 2.27 bits per heavy atom. The average Bonchev–Trinajstić information content (AvgIpc) is 2.76. The Hall–Kier alpha value is -1.55. The van der Waals surface area contributed by atoms with E-state index in [-0.39, 0.29) is 0 Å². The van der Waals surface area contributed by atoms with E-state index in [9.17, 15) is 0 Å². The van der Waals surface area contributed by atoms with E-state index < -0.39 is 0 Å². The summed E-state index contributed by atoms with van der Waals surface area (Å²) in [5.41, 5.74) is 6.69. The summed E-state index contributed by atoms with van der Waals surface area (Å²) in [4.78, 5) is 4.18.